The molecule has 1 atom stereocenters. The normalized spacial score (nSPS) is 21.6. The predicted octanol–water partition coefficient (Wildman–Crippen LogP) is 2.25. The maximum Gasteiger partial charge on any atom is 0.331 e. The molecule has 1 fully saturated rings. The lowest BCUT2D eigenvalue weighted by Gasteiger charge is -2.47. The van der Waals surface area contributed by atoms with Crippen molar-refractivity contribution >= 4 is 18.0 Å². The second-order valence-corrected chi connectivity index (χ2v) is 4.98. The topological polar surface area (TPSA) is 46.6 Å². The van der Waals surface area contributed by atoms with Crippen LogP contribution in [0, 0.1) is 0 Å². The van der Waals surface area contributed by atoms with Crippen molar-refractivity contribution in [3.8, 4) is 0 Å². The van der Waals surface area contributed by atoms with Crippen LogP contribution in [0.4, 0.5) is 0 Å². The minimum atomic E-state index is -0.811. The van der Waals surface area contributed by atoms with Crippen molar-refractivity contribution in [2.75, 3.05) is 13.2 Å². The van der Waals surface area contributed by atoms with E-state index in [1.165, 1.54) is 6.08 Å². The lowest BCUT2D eigenvalue weighted by atomic mass is 9.86. The van der Waals surface area contributed by atoms with Crippen LogP contribution in [-0.2, 0) is 14.3 Å². The number of amides is 1. The smallest absolute Gasteiger partial charge is 0.331 e. The number of hydrogen-bond acceptors (Lipinski definition) is 3. The molecule has 4 nitrogen and oxygen atoms in total. The fraction of sp³-hybridized carbons (Fsp3) is 0.375. The van der Waals surface area contributed by atoms with Crippen LogP contribution in [0.1, 0.15) is 25.8 Å². The minimum absolute atomic E-state index is 0.157. The second kappa shape index (κ2) is 5.90. The van der Waals surface area contributed by atoms with E-state index in [0.717, 1.165) is 5.56 Å². The number of likely N-dealkylation sites (tertiary alicyclic amines) is 1. The Hall–Kier alpha value is -2.10. The van der Waals surface area contributed by atoms with Crippen LogP contribution in [0.15, 0.2) is 36.4 Å². The summed E-state index contributed by atoms with van der Waals surface area (Å²) < 4.78 is 5.04. The molecule has 0 bridgehead atoms. The van der Waals surface area contributed by atoms with Crippen LogP contribution in [-0.4, -0.2) is 35.5 Å². The van der Waals surface area contributed by atoms with E-state index in [4.69, 9.17) is 4.74 Å². The van der Waals surface area contributed by atoms with Gasteiger partial charge in [0.2, 0.25) is 5.91 Å². The molecule has 4 heteroatoms. The predicted molar refractivity (Wildman–Crippen MR) is 76.8 cm³/mol. The minimum Gasteiger partial charge on any atom is -0.464 e. The number of rotatable bonds is 4. The number of carbonyl (C=O) groups is 2. The van der Waals surface area contributed by atoms with Crippen molar-refractivity contribution < 1.29 is 14.3 Å². The van der Waals surface area contributed by atoms with Gasteiger partial charge in [-0.2, -0.15) is 0 Å². The van der Waals surface area contributed by atoms with Gasteiger partial charge in [0, 0.05) is 12.6 Å². The highest BCUT2D eigenvalue weighted by Gasteiger charge is 2.50. The summed E-state index contributed by atoms with van der Waals surface area (Å²) in [5.41, 5.74) is 0.146. The van der Waals surface area contributed by atoms with Crippen molar-refractivity contribution in [3.63, 3.8) is 0 Å². The van der Waals surface area contributed by atoms with Gasteiger partial charge in [0.25, 0.3) is 0 Å². The Labute approximate surface area is 119 Å². The number of ether oxygens (including phenoxy) is 1. The molecule has 0 spiro atoms. The number of nitrogens with zero attached hydrogens (tertiary/aromatic N) is 1. The van der Waals surface area contributed by atoms with Crippen LogP contribution in [0.2, 0.25) is 0 Å². The van der Waals surface area contributed by atoms with Gasteiger partial charge in [-0.25, -0.2) is 4.79 Å². The van der Waals surface area contributed by atoms with Gasteiger partial charge >= 0.3 is 5.97 Å². The molecule has 1 saturated heterocycles. The summed E-state index contributed by atoms with van der Waals surface area (Å²) in [4.78, 5) is 25.6. The van der Waals surface area contributed by atoms with E-state index in [2.05, 4.69) is 0 Å². The summed E-state index contributed by atoms with van der Waals surface area (Å²) in [5, 5.41) is 0. The van der Waals surface area contributed by atoms with E-state index in [9.17, 15) is 9.59 Å². The van der Waals surface area contributed by atoms with E-state index in [-0.39, 0.29) is 11.9 Å². The lowest BCUT2D eigenvalue weighted by molar-refractivity contribution is -0.171. The van der Waals surface area contributed by atoms with Crippen molar-refractivity contribution in [2.24, 2.45) is 0 Å². The number of esters is 1. The van der Waals surface area contributed by atoms with E-state index in [0.29, 0.717) is 19.6 Å². The molecular formula is C16H19NO3. The first-order valence-electron chi connectivity index (χ1n) is 6.80. The first-order chi connectivity index (χ1) is 9.58. The molecule has 1 unspecified atom stereocenters. The van der Waals surface area contributed by atoms with E-state index >= 15 is 0 Å². The molecule has 0 aromatic heterocycles. The Balaban J connectivity index is 2.03. The summed E-state index contributed by atoms with van der Waals surface area (Å²) in [5.74, 6) is -0.483. The molecule has 20 heavy (non-hydrogen) atoms. The van der Waals surface area contributed by atoms with Crippen LogP contribution in [0.3, 0.4) is 0 Å². The van der Waals surface area contributed by atoms with Gasteiger partial charge in [0.15, 0.2) is 0 Å². The summed E-state index contributed by atoms with van der Waals surface area (Å²) >= 11 is 0. The number of benzene rings is 1. The highest BCUT2D eigenvalue weighted by atomic mass is 16.5. The van der Waals surface area contributed by atoms with Crippen LogP contribution >= 0.6 is 0 Å². The summed E-state index contributed by atoms with van der Waals surface area (Å²) in [6.45, 7) is 4.44. The molecule has 106 valence electrons. The Morgan fingerprint density at radius 2 is 2.05 bits per heavy atom. The third-order valence-electron chi connectivity index (χ3n) is 3.62. The second-order valence-electron chi connectivity index (χ2n) is 4.98. The standard InChI is InChI=1S/C16H19NO3/c1-3-20-15(19)16(2)11-12-17(16)14(18)10-9-13-7-5-4-6-8-13/h4-10H,3,11-12H2,1-2H3/b10-9+. The highest BCUT2D eigenvalue weighted by Crippen LogP contribution is 2.31. The molecule has 1 aromatic rings. The van der Waals surface area contributed by atoms with Crippen molar-refractivity contribution in [3.05, 3.63) is 42.0 Å². The van der Waals surface area contributed by atoms with Crippen molar-refractivity contribution in [1.82, 2.24) is 4.90 Å². The first kappa shape index (κ1) is 14.3. The van der Waals surface area contributed by atoms with Gasteiger partial charge in [-0.3, -0.25) is 4.79 Å². The van der Waals surface area contributed by atoms with Gasteiger partial charge in [0.1, 0.15) is 5.54 Å². The molecule has 0 N–H and O–H groups in total. The molecule has 2 rings (SSSR count). The fourth-order valence-electron chi connectivity index (χ4n) is 2.23. The van der Waals surface area contributed by atoms with E-state index in [1.54, 1.807) is 24.8 Å². The van der Waals surface area contributed by atoms with Crippen LogP contribution in [0.5, 0.6) is 0 Å². The van der Waals surface area contributed by atoms with Gasteiger partial charge in [-0.1, -0.05) is 30.3 Å². The third-order valence-corrected chi connectivity index (χ3v) is 3.62. The van der Waals surface area contributed by atoms with Crippen molar-refractivity contribution in [2.45, 2.75) is 25.8 Å². The van der Waals surface area contributed by atoms with Crippen LogP contribution in [0.25, 0.3) is 6.08 Å². The summed E-state index contributed by atoms with van der Waals surface area (Å²) in [7, 11) is 0. The average Bonchev–Trinajstić information content (AvgIpc) is 2.44. The van der Waals surface area contributed by atoms with Gasteiger partial charge in [-0.15, -0.1) is 0 Å². The SMILES string of the molecule is CCOC(=O)C1(C)CCN1C(=O)/C=C/c1ccccc1. The zero-order chi connectivity index (χ0) is 14.6. The molecule has 0 aliphatic carbocycles. The zero-order valence-corrected chi connectivity index (χ0v) is 11.8. The average molecular weight is 273 g/mol. The molecule has 1 aliphatic rings. The zero-order valence-electron chi connectivity index (χ0n) is 11.8. The molecule has 0 saturated carbocycles. The fourth-order valence-corrected chi connectivity index (χ4v) is 2.23. The Morgan fingerprint density at radius 3 is 2.60 bits per heavy atom. The molecule has 1 aromatic carbocycles. The Kier molecular flexibility index (Phi) is 4.23. The largest absolute Gasteiger partial charge is 0.464 e. The molecule has 1 amide bonds. The quantitative estimate of drug-likeness (QED) is 0.624. The lowest BCUT2D eigenvalue weighted by Crippen LogP contribution is -2.64. The summed E-state index contributed by atoms with van der Waals surface area (Å²) in [6.07, 6.45) is 3.91. The first-order valence-corrected chi connectivity index (χ1v) is 6.80. The van der Waals surface area contributed by atoms with Gasteiger partial charge in [0.05, 0.1) is 6.61 Å². The molecule has 1 aliphatic heterocycles. The van der Waals surface area contributed by atoms with E-state index < -0.39 is 5.54 Å². The number of hydrogen-bond donors (Lipinski definition) is 0. The van der Waals surface area contributed by atoms with Gasteiger partial charge < -0.3 is 9.64 Å². The van der Waals surface area contributed by atoms with Crippen LogP contribution < -0.4 is 0 Å². The highest BCUT2D eigenvalue weighted by molar-refractivity contribution is 5.97. The summed E-state index contributed by atoms with van der Waals surface area (Å²) in [6, 6.07) is 9.59. The Bertz CT molecular complexity index is 524. The maximum atomic E-state index is 12.2. The van der Waals surface area contributed by atoms with Gasteiger partial charge in [-0.05, 0) is 31.9 Å². The Morgan fingerprint density at radius 1 is 1.35 bits per heavy atom. The molecule has 0 radical (unpaired) electrons. The monoisotopic (exact) mass is 273 g/mol. The van der Waals surface area contributed by atoms with Crippen molar-refractivity contribution in [1.29, 1.82) is 0 Å². The number of carbonyl (C=O) groups excluding carboxylic acids is 2. The molecule has 1 heterocycles. The molecular weight excluding hydrogens is 254 g/mol. The third kappa shape index (κ3) is 2.74. The maximum absolute atomic E-state index is 12.2. The van der Waals surface area contributed by atoms with E-state index in [1.807, 2.05) is 30.3 Å².